The average molecular weight is 539 g/mol. The fourth-order valence-electron chi connectivity index (χ4n) is 5.09. The van der Waals surface area contributed by atoms with Crippen LogP contribution >= 0.6 is 0 Å². The van der Waals surface area contributed by atoms with E-state index in [2.05, 4.69) is 0 Å². The quantitative estimate of drug-likeness (QED) is 0.111. The minimum Gasteiger partial charge on any atom is -0.632 e. The van der Waals surface area contributed by atoms with Gasteiger partial charge in [-0.2, -0.15) is 0 Å². The highest BCUT2D eigenvalue weighted by molar-refractivity contribution is 5.44. The zero-order valence-corrected chi connectivity index (χ0v) is 22.1. The maximum Gasteiger partial charge on any atom is 0.130 e. The van der Waals surface area contributed by atoms with Gasteiger partial charge in [0, 0.05) is 12.1 Å². The highest BCUT2D eigenvalue weighted by Gasteiger charge is 2.39. The van der Waals surface area contributed by atoms with Gasteiger partial charge in [-0.25, -0.2) is 0 Å². The van der Waals surface area contributed by atoms with Crippen molar-refractivity contribution in [3.05, 3.63) is 62.9 Å². The van der Waals surface area contributed by atoms with Gasteiger partial charge in [-0.3, -0.25) is 4.90 Å². The number of benzene rings is 2. The van der Waals surface area contributed by atoms with Gasteiger partial charge in [0.05, 0.1) is 57.8 Å². The van der Waals surface area contributed by atoms with Crippen LogP contribution in [0.2, 0.25) is 0 Å². The Morgan fingerprint density at radius 2 is 1.47 bits per heavy atom. The van der Waals surface area contributed by atoms with Gasteiger partial charge in [-0.15, -0.1) is 0 Å². The second-order valence-corrected chi connectivity index (χ2v) is 9.48. The molecule has 0 saturated carbocycles. The van der Waals surface area contributed by atoms with Crippen molar-refractivity contribution >= 4 is 0 Å². The molecule has 0 fully saturated rings. The molecule has 2 unspecified atom stereocenters. The molecule has 8 N–H and O–H groups in total. The molecule has 2 aromatic carbocycles. The standard InChI is InChI=1S/C27H42N2O9/c1-3-7-28(10-21-23(15-33)19(13-31)5-6-26(21)36)24(16-34)25(17-35)29(38,4-2)11-22-20(14-32)8-18(12-30)9-27(22)37/h5-6,8-9,24-25,30-37H,3-4,7,10-17H2,1-2H3/t24?,25-,29?/m0/s1. The fourth-order valence-corrected chi connectivity index (χ4v) is 5.09. The van der Waals surface area contributed by atoms with Crippen LogP contribution in [0.25, 0.3) is 0 Å². The van der Waals surface area contributed by atoms with Crippen LogP contribution < -0.4 is 0 Å². The fraction of sp³-hybridized carbons (Fsp3) is 0.556. The van der Waals surface area contributed by atoms with Gasteiger partial charge >= 0.3 is 0 Å². The number of aromatic hydroxyl groups is 2. The third-order valence-corrected chi connectivity index (χ3v) is 7.29. The summed E-state index contributed by atoms with van der Waals surface area (Å²) < 4.78 is -1.03. The lowest BCUT2D eigenvalue weighted by Gasteiger charge is -2.52. The largest absolute Gasteiger partial charge is 0.632 e. The number of hydrogen-bond donors (Lipinski definition) is 8. The van der Waals surface area contributed by atoms with Crippen LogP contribution in [0.4, 0.5) is 0 Å². The summed E-state index contributed by atoms with van der Waals surface area (Å²) in [5, 5.41) is 95.3. The lowest BCUT2D eigenvalue weighted by Crippen LogP contribution is -2.62. The Labute approximate surface area is 223 Å². The van der Waals surface area contributed by atoms with E-state index in [0.717, 1.165) is 0 Å². The van der Waals surface area contributed by atoms with Gasteiger partial charge < -0.3 is 50.7 Å². The Kier molecular flexibility index (Phi) is 12.4. The molecule has 0 spiro atoms. The number of rotatable bonds is 16. The number of phenolic OH excluding ortho intramolecular Hbond substituents is 2. The van der Waals surface area contributed by atoms with Crippen molar-refractivity contribution in [3.8, 4) is 11.5 Å². The number of aliphatic hydroxyl groups excluding tert-OH is 6. The first-order valence-electron chi connectivity index (χ1n) is 12.8. The molecule has 214 valence electrons. The van der Waals surface area contributed by atoms with Crippen molar-refractivity contribution in [1.82, 2.24) is 4.90 Å². The number of hydrogen-bond acceptors (Lipinski definition) is 10. The van der Waals surface area contributed by atoms with Crippen LogP contribution in [0.1, 0.15) is 53.6 Å². The van der Waals surface area contributed by atoms with E-state index < -0.39 is 43.2 Å². The third-order valence-electron chi connectivity index (χ3n) is 7.29. The molecule has 0 heterocycles. The summed E-state index contributed by atoms with van der Waals surface area (Å²) in [4.78, 5) is 1.76. The maximum atomic E-state index is 14.3. The van der Waals surface area contributed by atoms with Crippen molar-refractivity contribution in [3.63, 3.8) is 0 Å². The normalized spacial score (nSPS) is 15.0. The number of nitrogens with zero attached hydrogens (tertiary/aromatic N) is 2. The zero-order chi connectivity index (χ0) is 28.5. The van der Waals surface area contributed by atoms with Crippen LogP contribution in [-0.4, -0.2) is 88.8 Å². The molecule has 0 aliphatic heterocycles. The van der Waals surface area contributed by atoms with Crippen molar-refractivity contribution in [2.75, 3.05) is 26.3 Å². The molecule has 0 saturated heterocycles. The Bertz CT molecular complexity index is 1040. The third kappa shape index (κ3) is 7.00. The number of likely N-dealkylation sites (N-methyl/N-ethyl adjacent to an activating group) is 1. The van der Waals surface area contributed by atoms with E-state index >= 15 is 0 Å². The first kappa shape index (κ1) is 31.9. The van der Waals surface area contributed by atoms with Gasteiger partial charge in [0.2, 0.25) is 0 Å². The summed E-state index contributed by atoms with van der Waals surface area (Å²) in [7, 11) is 0. The van der Waals surface area contributed by atoms with Crippen molar-refractivity contribution in [2.24, 2.45) is 0 Å². The van der Waals surface area contributed by atoms with Gasteiger partial charge in [-0.1, -0.05) is 19.1 Å². The number of quaternary nitrogens is 1. The van der Waals surface area contributed by atoms with Crippen LogP contribution in [0.3, 0.4) is 0 Å². The van der Waals surface area contributed by atoms with E-state index in [1.54, 1.807) is 11.8 Å². The Balaban J connectivity index is 2.54. The summed E-state index contributed by atoms with van der Waals surface area (Å²) in [6, 6.07) is 3.79. The first-order valence-corrected chi connectivity index (χ1v) is 12.8. The minimum atomic E-state index is -1.08. The summed E-state index contributed by atoms with van der Waals surface area (Å²) in [5.74, 6) is -0.363. The summed E-state index contributed by atoms with van der Waals surface area (Å²) in [6.45, 7) is 0.922. The highest BCUT2D eigenvalue weighted by atomic mass is 16.6. The predicted octanol–water partition coefficient (Wildman–Crippen LogP) is 0.535. The molecular weight excluding hydrogens is 496 g/mol. The lowest BCUT2D eigenvalue weighted by atomic mass is 9.97. The summed E-state index contributed by atoms with van der Waals surface area (Å²) >= 11 is 0. The Morgan fingerprint density at radius 1 is 0.789 bits per heavy atom. The molecule has 0 aromatic heterocycles. The molecule has 0 bridgehead atoms. The van der Waals surface area contributed by atoms with E-state index in [0.29, 0.717) is 35.2 Å². The van der Waals surface area contributed by atoms with E-state index in [1.165, 1.54) is 24.3 Å². The summed E-state index contributed by atoms with van der Waals surface area (Å²) in [5.41, 5.74) is 1.99. The van der Waals surface area contributed by atoms with Crippen molar-refractivity contribution < 1.29 is 45.5 Å². The maximum absolute atomic E-state index is 14.3. The van der Waals surface area contributed by atoms with Crippen LogP contribution in [0, 0.1) is 5.21 Å². The Hall–Kier alpha value is -2.32. The van der Waals surface area contributed by atoms with Gasteiger partial charge in [0.25, 0.3) is 0 Å². The number of hydroxylamine groups is 3. The van der Waals surface area contributed by atoms with Crippen molar-refractivity contribution in [1.29, 1.82) is 0 Å². The second kappa shape index (κ2) is 14.7. The molecule has 2 aromatic rings. The lowest BCUT2D eigenvalue weighted by molar-refractivity contribution is -0.919. The molecular formula is C27H42N2O9. The predicted molar refractivity (Wildman–Crippen MR) is 140 cm³/mol. The number of aliphatic hydroxyl groups is 6. The first-order chi connectivity index (χ1) is 18.2. The molecule has 0 aliphatic carbocycles. The van der Waals surface area contributed by atoms with Crippen LogP contribution in [-0.2, 0) is 39.5 Å². The molecule has 11 heteroatoms. The second-order valence-electron chi connectivity index (χ2n) is 9.48. The topological polar surface area (TPSA) is 188 Å². The van der Waals surface area contributed by atoms with Crippen LogP contribution in [0.15, 0.2) is 24.3 Å². The van der Waals surface area contributed by atoms with E-state index in [1.807, 2.05) is 6.92 Å². The van der Waals surface area contributed by atoms with Crippen LogP contribution in [0.5, 0.6) is 11.5 Å². The smallest absolute Gasteiger partial charge is 0.130 e. The monoisotopic (exact) mass is 538 g/mol. The summed E-state index contributed by atoms with van der Waals surface area (Å²) in [6.07, 6.45) is 0.618. The van der Waals surface area contributed by atoms with Crippen molar-refractivity contribution in [2.45, 2.75) is 71.9 Å². The number of phenols is 2. The average Bonchev–Trinajstić information content (AvgIpc) is 2.92. The molecule has 0 radical (unpaired) electrons. The molecule has 11 nitrogen and oxygen atoms in total. The van der Waals surface area contributed by atoms with Gasteiger partial charge in [0.1, 0.15) is 24.1 Å². The SMILES string of the molecule is CCCN(Cc1c(O)ccc(CO)c1CO)C(CO)[C@H](CO)[N+]([O-])(CC)Cc1c(O)cc(CO)cc1CO. The Morgan fingerprint density at radius 3 is 1.97 bits per heavy atom. The molecule has 3 atom stereocenters. The highest BCUT2D eigenvalue weighted by Crippen LogP contribution is 2.33. The molecule has 38 heavy (non-hydrogen) atoms. The zero-order valence-electron chi connectivity index (χ0n) is 22.1. The van der Waals surface area contributed by atoms with E-state index in [4.69, 9.17) is 0 Å². The molecule has 0 amide bonds. The molecule has 0 aliphatic rings. The van der Waals surface area contributed by atoms with E-state index in [-0.39, 0.29) is 55.5 Å². The van der Waals surface area contributed by atoms with Gasteiger partial charge in [-0.05, 0) is 54.3 Å². The molecule has 2 rings (SSSR count). The van der Waals surface area contributed by atoms with Gasteiger partial charge in [0.15, 0.2) is 0 Å². The van der Waals surface area contributed by atoms with E-state index in [9.17, 15) is 46.1 Å². The minimum absolute atomic E-state index is 0.0269.